The predicted molar refractivity (Wildman–Crippen MR) is 132 cm³/mol. The fourth-order valence-corrected chi connectivity index (χ4v) is 5.28. The summed E-state index contributed by atoms with van der Waals surface area (Å²) in [6.45, 7) is -2.71. The number of aliphatic carboxylic acids is 1. The number of ether oxygens (including phenoxy) is 2. The van der Waals surface area contributed by atoms with Gasteiger partial charge in [-0.3, -0.25) is 13.9 Å². The molecule has 11 atom stereocenters. The molecule has 238 valence electrons. The zero-order valence-corrected chi connectivity index (χ0v) is 22.4. The molecule has 0 radical (unpaired) electrons. The van der Waals surface area contributed by atoms with E-state index in [4.69, 9.17) is 30.0 Å². The third-order valence-electron chi connectivity index (χ3n) is 6.46. The monoisotopic (exact) mass is 629 g/mol. The van der Waals surface area contributed by atoms with E-state index in [2.05, 4.69) is 10.3 Å². The number of nitrogens with two attached hydrogens (primary N) is 2. The standard InChI is InChI=1S/C20H32N5O16P/c21-4-11(29)24-12-7(27)3-20(18(33)34,40-16(12)13(30)8(28)5-26)41-42(36,37)38-6-9-14(31)15(32)17(39-9)25-2-1-10(22)23-19(25)35/h1-2,7-9,12-17,26-28,30-32H,3-6,21H2,(H,24,29)(H,33,34)(H,36,37)(H2,22,23,35)/t7-,8+,9+,12+,13+,14+,15+,16?,17+,20+/m0/s1. The van der Waals surface area contributed by atoms with Crippen LogP contribution < -0.4 is 22.5 Å². The number of hydrogen-bond donors (Lipinski definition) is 11. The maximum Gasteiger partial charge on any atom is 0.475 e. The molecule has 0 bridgehead atoms. The molecule has 2 aliphatic rings. The number of carboxylic acids is 1. The van der Waals surface area contributed by atoms with Crippen molar-refractivity contribution >= 4 is 25.5 Å². The summed E-state index contributed by atoms with van der Waals surface area (Å²) in [5.41, 5.74) is 9.68. The van der Waals surface area contributed by atoms with Gasteiger partial charge in [-0.25, -0.2) is 18.7 Å². The van der Waals surface area contributed by atoms with E-state index < -0.39 is 112 Å². The van der Waals surface area contributed by atoms with Crippen LogP contribution in [0.15, 0.2) is 17.1 Å². The van der Waals surface area contributed by atoms with Gasteiger partial charge in [0.1, 0.15) is 42.4 Å². The van der Waals surface area contributed by atoms with Crippen molar-refractivity contribution in [2.24, 2.45) is 5.73 Å². The Kier molecular flexibility index (Phi) is 10.8. The van der Waals surface area contributed by atoms with Crippen LogP contribution in [0.3, 0.4) is 0 Å². The minimum absolute atomic E-state index is 0.140. The molecule has 22 heteroatoms. The molecule has 1 aromatic heterocycles. The topological polar surface area (TPSA) is 349 Å². The highest BCUT2D eigenvalue weighted by molar-refractivity contribution is 7.47. The lowest BCUT2D eigenvalue weighted by molar-refractivity contribution is -0.289. The average molecular weight is 629 g/mol. The van der Waals surface area contributed by atoms with Crippen molar-refractivity contribution < 1.29 is 73.3 Å². The molecular weight excluding hydrogens is 597 g/mol. The fourth-order valence-electron chi connectivity index (χ4n) is 4.33. The normalized spacial score (nSPS) is 34.3. The van der Waals surface area contributed by atoms with Gasteiger partial charge < -0.3 is 66.9 Å². The Labute approximate surface area is 235 Å². The third kappa shape index (κ3) is 7.29. The fraction of sp³-hybridized carbons (Fsp3) is 0.700. The largest absolute Gasteiger partial charge is 0.477 e. The Morgan fingerprint density at radius 1 is 1.29 bits per heavy atom. The first-order chi connectivity index (χ1) is 19.6. The lowest BCUT2D eigenvalue weighted by Gasteiger charge is -2.46. The molecule has 0 saturated carbocycles. The summed E-state index contributed by atoms with van der Waals surface area (Å²) in [7, 11) is -5.54. The van der Waals surface area contributed by atoms with Gasteiger partial charge in [0.15, 0.2) is 6.23 Å². The van der Waals surface area contributed by atoms with Gasteiger partial charge in [0.05, 0.1) is 31.9 Å². The van der Waals surface area contributed by atoms with Crippen LogP contribution in [0.5, 0.6) is 0 Å². The number of nitrogen functional groups attached to an aromatic ring is 1. The van der Waals surface area contributed by atoms with Crippen molar-refractivity contribution in [2.75, 3.05) is 25.5 Å². The van der Waals surface area contributed by atoms with Crippen molar-refractivity contribution in [1.29, 1.82) is 0 Å². The van der Waals surface area contributed by atoms with Crippen LogP contribution in [0.1, 0.15) is 12.6 Å². The summed E-state index contributed by atoms with van der Waals surface area (Å²) in [6.07, 6.45) is -14.9. The molecule has 0 aromatic carbocycles. The zero-order chi connectivity index (χ0) is 31.6. The van der Waals surface area contributed by atoms with Crippen molar-refractivity contribution in [3.63, 3.8) is 0 Å². The molecule has 21 nitrogen and oxygen atoms in total. The molecule has 42 heavy (non-hydrogen) atoms. The van der Waals surface area contributed by atoms with Gasteiger partial charge >= 0.3 is 19.5 Å². The van der Waals surface area contributed by atoms with E-state index >= 15 is 0 Å². The Morgan fingerprint density at radius 3 is 2.52 bits per heavy atom. The van der Waals surface area contributed by atoms with Crippen LogP contribution in [0.2, 0.25) is 0 Å². The van der Waals surface area contributed by atoms with Gasteiger partial charge in [0.2, 0.25) is 5.91 Å². The van der Waals surface area contributed by atoms with E-state index in [9.17, 15) is 59.6 Å². The minimum atomic E-state index is -5.54. The summed E-state index contributed by atoms with van der Waals surface area (Å²) >= 11 is 0. The number of carbonyl (C=O) groups excluding carboxylic acids is 1. The first-order valence-electron chi connectivity index (χ1n) is 12.2. The number of phosphoric acid groups is 1. The maximum atomic E-state index is 12.8. The van der Waals surface area contributed by atoms with Crippen molar-refractivity contribution in [1.82, 2.24) is 14.9 Å². The van der Waals surface area contributed by atoms with Crippen LogP contribution in [-0.4, -0.2) is 136 Å². The SMILES string of the molecule is NCC(=O)N[C@H]1C([C@H](O)[C@H](O)CO)O[C@](OP(=O)(O)OC[C@H]2O[C@@H](n3ccc(N)nc3=O)[C@H](O)[C@@H]2O)(C(=O)O)C[C@@H]1O. The molecule has 3 rings (SSSR count). The molecule has 1 aromatic rings. The second-order valence-electron chi connectivity index (χ2n) is 9.39. The number of anilines is 1. The molecule has 2 fully saturated rings. The zero-order valence-electron chi connectivity index (χ0n) is 21.5. The van der Waals surface area contributed by atoms with Crippen LogP contribution >= 0.6 is 7.82 Å². The van der Waals surface area contributed by atoms with Gasteiger partial charge in [-0.15, -0.1) is 0 Å². The molecule has 1 amide bonds. The first kappa shape index (κ1) is 33.9. The molecule has 13 N–H and O–H groups in total. The smallest absolute Gasteiger partial charge is 0.475 e. The molecule has 2 unspecified atom stereocenters. The van der Waals surface area contributed by atoms with E-state index in [1.165, 1.54) is 6.07 Å². The van der Waals surface area contributed by atoms with Crippen LogP contribution in [-0.2, 0) is 32.7 Å². The number of amides is 1. The first-order valence-corrected chi connectivity index (χ1v) is 13.7. The highest BCUT2D eigenvalue weighted by Crippen LogP contribution is 2.51. The van der Waals surface area contributed by atoms with Gasteiger partial charge in [-0.1, -0.05) is 0 Å². The summed E-state index contributed by atoms with van der Waals surface area (Å²) in [5.74, 6) is -6.39. The Hall–Kier alpha value is -2.63. The van der Waals surface area contributed by atoms with Crippen molar-refractivity contribution in [2.45, 2.75) is 67.2 Å². The maximum absolute atomic E-state index is 12.8. The number of aliphatic hydroxyl groups is 6. The molecule has 0 spiro atoms. The quantitative estimate of drug-likeness (QED) is 0.0957. The number of carbonyl (C=O) groups is 2. The Bertz CT molecular complexity index is 1240. The van der Waals surface area contributed by atoms with Gasteiger partial charge in [0, 0.05) is 12.6 Å². The summed E-state index contributed by atoms with van der Waals surface area (Å²) in [4.78, 5) is 49.9. The van der Waals surface area contributed by atoms with E-state index in [0.717, 1.165) is 10.8 Å². The van der Waals surface area contributed by atoms with Gasteiger partial charge in [0.25, 0.3) is 5.79 Å². The van der Waals surface area contributed by atoms with Gasteiger partial charge in [-0.2, -0.15) is 4.98 Å². The second kappa shape index (κ2) is 13.3. The molecule has 3 heterocycles. The highest BCUT2D eigenvalue weighted by atomic mass is 31.2. The van der Waals surface area contributed by atoms with Crippen molar-refractivity contribution in [3.8, 4) is 0 Å². The number of phosphoric ester groups is 1. The van der Waals surface area contributed by atoms with E-state index in [1.807, 2.05) is 0 Å². The Balaban J connectivity index is 1.79. The molecule has 2 saturated heterocycles. The third-order valence-corrected chi connectivity index (χ3v) is 7.46. The van der Waals surface area contributed by atoms with Crippen LogP contribution in [0, 0.1) is 0 Å². The van der Waals surface area contributed by atoms with E-state index in [1.54, 1.807) is 0 Å². The summed E-state index contributed by atoms with van der Waals surface area (Å²) < 4.78 is 33.7. The molecule has 2 aliphatic heterocycles. The second-order valence-corrected chi connectivity index (χ2v) is 10.8. The van der Waals surface area contributed by atoms with Crippen molar-refractivity contribution in [3.05, 3.63) is 22.7 Å². The molecule has 0 aliphatic carbocycles. The van der Waals surface area contributed by atoms with Gasteiger partial charge in [-0.05, 0) is 6.07 Å². The summed E-state index contributed by atoms with van der Waals surface area (Å²) in [6, 6.07) is -0.442. The average Bonchev–Trinajstić information content (AvgIpc) is 3.20. The summed E-state index contributed by atoms with van der Waals surface area (Å²) in [5, 5.41) is 72.8. The lowest BCUT2D eigenvalue weighted by Crippen LogP contribution is -2.68. The number of aliphatic hydroxyl groups excluding tert-OH is 6. The number of nitrogens with one attached hydrogen (secondary N) is 1. The minimum Gasteiger partial charge on any atom is -0.477 e. The highest BCUT2D eigenvalue weighted by Gasteiger charge is 2.59. The van der Waals surface area contributed by atoms with Crippen LogP contribution in [0.25, 0.3) is 0 Å². The number of carboxylic acid groups (broad SMARTS) is 1. The van der Waals surface area contributed by atoms with E-state index in [-0.39, 0.29) is 5.82 Å². The van der Waals surface area contributed by atoms with Crippen LogP contribution in [0.4, 0.5) is 5.82 Å². The number of aromatic nitrogens is 2. The Morgan fingerprint density at radius 2 is 1.95 bits per heavy atom. The molecular formula is C20H32N5O16P. The number of hydrogen-bond acceptors (Lipinski definition) is 17. The number of rotatable bonds is 12. The number of nitrogens with zero attached hydrogens (tertiary/aromatic N) is 2. The predicted octanol–water partition coefficient (Wildman–Crippen LogP) is -6.33. The van der Waals surface area contributed by atoms with E-state index in [0.29, 0.717) is 0 Å². The lowest BCUT2D eigenvalue weighted by atomic mass is 9.88.